The van der Waals surface area contributed by atoms with Gasteiger partial charge in [-0.3, -0.25) is 14.2 Å². The quantitative estimate of drug-likeness (QED) is 0.913. The van der Waals surface area contributed by atoms with Gasteiger partial charge >= 0.3 is 0 Å². The predicted molar refractivity (Wildman–Crippen MR) is 66.8 cm³/mol. The molecular formula is C10H12BrN5O. The summed E-state index contributed by atoms with van der Waals surface area (Å²) in [5, 5.41) is 11.0. The smallest absolute Gasteiger partial charge is 0.276 e. The monoisotopic (exact) mass is 297 g/mol. The largest absolute Gasteiger partial charge is 0.304 e. The zero-order chi connectivity index (χ0) is 12.6. The summed E-state index contributed by atoms with van der Waals surface area (Å²) in [6.07, 6.45) is 1.76. The van der Waals surface area contributed by atoms with Crippen LogP contribution in [0.3, 0.4) is 0 Å². The standard InChI is InChI=1S/C10H12BrN5O/c1-6-8(11)9(16(3)13-6)10(17)12-7-4-5-15(2)14-7/h4-5H,1-3H3,(H,12,14,17). The molecule has 2 rings (SSSR count). The lowest BCUT2D eigenvalue weighted by Crippen LogP contribution is -2.17. The van der Waals surface area contributed by atoms with E-state index in [0.717, 1.165) is 5.69 Å². The maximum atomic E-state index is 12.0. The molecule has 0 atom stereocenters. The molecule has 0 aliphatic heterocycles. The fourth-order valence-electron chi connectivity index (χ4n) is 1.54. The fraction of sp³-hybridized carbons (Fsp3) is 0.300. The van der Waals surface area contributed by atoms with Crippen molar-refractivity contribution in [3.8, 4) is 0 Å². The Balaban J connectivity index is 2.26. The van der Waals surface area contributed by atoms with E-state index >= 15 is 0 Å². The van der Waals surface area contributed by atoms with Crippen molar-refractivity contribution in [2.45, 2.75) is 6.92 Å². The van der Waals surface area contributed by atoms with E-state index in [1.54, 1.807) is 31.0 Å². The molecule has 2 heterocycles. The molecule has 0 unspecified atom stereocenters. The summed E-state index contributed by atoms with van der Waals surface area (Å²) in [6.45, 7) is 1.83. The molecule has 7 heteroatoms. The minimum Gasteiger partial charge on any atom is -0.304 e. The average molecular weight is 298 g/mol. The second-order valence-electron chi connectivity index (χ2n) is 3.70. The Kier molecular flexibility index (Phi) is 3.01. The average Bonchev–Trinajstić information content (AvgIpc) is 2.73. The Morgan fingerprint density at radius 3 is 2.59 bits per heavy atom. The van der Waals surface area contributed by atoms with Crippen LogP contribution in [0.2, 0.25) is 0 Å². The number of halogens is 1. The molecule has 90 valence electrons. The van der Waals surface area contributed by atoms with Gasteiger partial charge in [-0.1, -0.05) is 0 Å². The first-order chi connectivity index (χ1) is 7.99. The van der Waals surface area contributed by atoms with Crippen molar-refractivity contribution in [3.63, 3.8) is 0 Å². The number of aromatic nitrogens is 4. The summed E-state index contributed by atoms with van der Waals surface area (Å²) >= 11 is 3.35. The first-order valence-electron chi connectivity index (χ1n) is 4.99. The van der Waals surface area contributed by atoms with Crippen molar-refractivity contribution in [1.82, 2.24) is 19.6 Å². The minimum atomic E-state index is -0.237. The van der Waals surface area contributed by atoms with Crippen LogP contribution in [-0.2, 0) is 14.1 Å². The lowest BCUT2D eigenvalue weighted by atomic mass is 10.3. The highest BCUT2D eigenvalue weighted by atomic mass is 79.9. The van der Waals surface area contributed by atoms with Crippen LogP contribution in [0.4, 0.5) is 5.82 Å². The Hall–Kier alpha value is -1.63. The summed E-state index contributed by atoms with van der Waals surface area (Å²) in [5.74, 6) is 0.280. The number of anilines is 1. The number of nitrogens with zero attached hydrogens (tertiary/aromatic N) is 4. The van der Waals surface area contributed by atoms with Crippen molar-refractivity contribution in [1.29, 1.82) is 0 Å². The van der Waals surface area contributed by atoms with Crippen LogP contribution in [-0.4, -0.2) is 25.5 Å². The molecule has 0 bridgehead atoms. The van der Waals surface area contributed by atoms with E-state index < -0.39 is 0 Å². The molecule has 0 spiro atoms. The summed E-state index contributed by atoms with van der Waals surface area (Å²) in [6, 6.07) is 1.73. The van der Waals surface area contributed by atoms with Crippen LogP contribution in [0, 0.1) is 6.92 Å². The maximum Gasteiger partial charge on any atom is 0.276 e. The minimum absolute atomic E-state index is 0.237. The molecule has 17 heavy (non-hydrogen) atoms. The predicted octanol–water partition coefficient (Wildman–Crippen LogP) is 1.48. The fourth-order valence-corrected chi connectivity index (χ4v) is 2.05. The van der Waals surface area contributed by atoms with Gasteiger partial charge in [-0.15, -0.1) is 0 Å². The van der Waals surface area contributed by atoms with E-state index in [9.17, 15) is 4.79 Å². The second kappa shape index (κ2) is 4.33. The van der Waals surface area contributed by atoms with Gasteiger partial charge in [0, 0.05) is 26.4 Å². The van der Waals surface area contributed by atoms with Crippen LogP contribution in [0.5, 0.6) is 0 Å². The summed E-state index contributed by atoms with van der Waals surface area (Å²) in [5.41, 5.74) is 1.26. The van der Waals surface area contributed by atoms with Crippen molar-refractivity contribution < 1.29 is 4.79 Å². The number of amides is 1. The normalized spacial score (nSPS) is 10.6. The Morgan fingerprint density at radius 2 is 2.12 bits per heavy atom. The van der Waals surface area contributed by atoms with Gasteiger partial charge in [0.15, 0.2) is 5.82 Å². The van der Waals surface area contributed by atoms with Gasteiger partial charge < -0.3 is 5.32 Å². The molecule has 0 saturated carbocycles. The molecule has 0 aromatic carbocycles. The Labute approximate surface area is 107 Å². The highest BCUT2D eigenvalue weighted by Crippen LogP contribution is 2.20. The zero-order valence-electron chi connectivity index (χ0n) is 9.73. The highest BCUT2D eigenvalue weighted by Gasteiger charge is 2.18. The third-order valence-corrected chi connectivity index (χ3v) is 3.27. The first kappa shape index (κ1) is 11.8. The van der Waals surface area contributed by atoms with Gasteiger partial charge in [0.2, 0.25) is 0 Å². The van der Waals surface area contributed by atoms with Gasteiger partial charge in [-0.25, -0.2) is 0 Å². The van der Waals surface area contributed by atoms with Crippen molar-refractivity contribution in [3.05, 3.63) is 28.1 Å². The number of aryl methyl sites for hydroxylation is 3. The second-order valence-corrected chi connectivity index (χ2v) is 4.49. The van der Waals surface area contributed by atoms with Gasteiger partial charge in [-0.2, -0.15) is 10.2 Å². The molecule has 0 saturated heterocycles. The van der Waals surface area contributed by atoms with Gasteiger partial charge in [0.1, 0.15) is 5.69 Å². The van der Waals surface area contributed by atoms with Crippen molar-refractivity contribution in [2.24, 2.45) is 14.1 Å². The number of rotatable bonds is 2. The SMILES string of the molecule is Cc1nn(C)c(C(=O)Nc2ccn(C)n2)c1Br. The van der Waals surface area contributed by atoms with E-state index in [4.69, 9.17) is 0 Å². The summed E-state index contributed by atoms with van der Waals surface area (Å²) < 4.78 is 3.87. The molecule has 0 fully saturated rings. The third-order valence-electron chi connectivity index (χ3n) is 2.32. The maximum absolute atomic E-state index is 12.0. The number of hydrogen-bond donors (Lipinski definition) is 1. The van der Waals surface area contributed by atoms with Crippen LogP contribution in [0.1, 0.15) is 16.2 Å². The highest BCUT2D eigenvalue weighted by molar-refractivity contribution is 9.10. The Morgan fingerprint density at radius 1 is 1.41 bits per heavy atom. The molecule has 6 nitrogen and oxygen atoms in total. The van der Waals surface area contributed by atoms with Crippen LogP contribution in [0.25, 0.3) is 0 Å². The van der Waals surface area contributed by atoms with E-state index in [2.05, 4.69) is 31.4 Å². The first-order valence-corrected chi connectivity index (χ1v) is 5.78. The van der Waals surface area contributed by atoms with Crippen LogP contribution < -0.4 is 5.32 Å². The number of hydrogen-bond acceptors (Lipinski definition) is 3. The lowest BCUT2D eigenvalue weighted by Gasteiger charge is -2.02. The zero-order valence-corrected chi connectivity index (χ0v) is 11.3. The number of carbonyl (C=O) groups is 1. The third kappa shape index (κ3) is 2.23. The topological polar surface area (TPSA) is 64.7 Å². The Bertz CT molecular complexity index is 571. The van der Waals surface area contributed by atoms with E-state index in [1.807, 2.05) is 6.92 Å². The molecule has 0 radical (unpaired) electrons. The van der Waals surface area contributed by atoms with E-state index in [1.165, 1.54) is 4.68 Å². The van der Waals surface area contributed by atoms with E-state index in [0.29, 0.717) is 16.0 Å². The van der Waals surface area contributed by atoms with E-state index in [-0.39, 0.29) is 5.91 Å². The van der Waals surface area contributed by atoms with Gasteiger partial charge in [-0.05, 0) is 22.9 Å². The molecule has 0 aliphatic rings. The molecule has 1 N–H and O–H groups in total. The van der Waals surface area contributed by atoms with Gasteiger partial charge in [0.05, 0.1) is 10.2 Å². The van der Waals surface area contributed by atoms with Crippen LogP contribution >= 0.6 is 15.9 Å². The van der Waals surface area contributed by atoms with Crippen molar-refractivity contribution in [2.75, 3.05) is 5.32 Å². The number of nitrogens with one attached hydrogen (secondary N) is 1. The van der Waals surface area contributed by atoms with Gasteiger partial charge in [0.25, 0.3) is 5.91 Å². The molecule has 1 amide bonds. The number of carbonyl (C=O) groups excluding carboxylic acids is 1. The molecule has 2 aromatic heterocycles. The molecular weight excluding hydrogens is 286 g/mol. The summed E-state index contributed by atoms with van der Waals surface area (Å²) in [4.78, 5) is 12.0. The molecule has 0 aliphatic carbocycles. The molecule has 2 aromatic rings. The van der Waals surface area contributed by atoms with Crippen molar-refractivity contribution >= 4 is 27.7 Å². The lowest BCUT2D eigenvalue weighted by molar-refractivity contribution is 0.101. The summed E-state index contributed by atoms with van der Waals surface area (Å²) in [7, 11) is 3.52. The van der Waals surface area contributed by atoms with Crippen LogP contribution in [0.15, 0.2) is 16.7 Å².